The smallest absolute Gasteiger partial charge is 0.269 e. The summed E-state index contributed by atoms with van der Waals surface area (Å²) in [6, 6.07) is 10.2. The number of benzene rings is 1. The van der Waals surface area contributed by atoms with Crippen molar-refractivity contribution < 1.29 is 4.79 Å². The molecule has 1 aromatic heterocycles. The van der Waals surface area contributed by atoms with Crippen LogP contribution in [0.25, 0.3) is 0 Å². The Morgan fingerprint density at radius 1 is 1.30 bits per heavy atom. The lowest BCUT2D eigenvalue weighted by atomic mass is 9.99. The van der Waals surface area contributed by atoms with Crippen molar-refractivity contribution in [2.24, 2.45) is 5.92 Å². The van der Waals surface area contributed by atoms with E-state index in [-0.39, 0.29) is 5.91 Å². The number of hydrogen-bond donors (Lipinski definition) is 2. The van der Waals surface area contributed by atoms with E-state index in [0.29, 0.717) is 12.2 Å². The third-order valence-corrected chi connectivity index (χ3v) is 4.37. The maximum atomic E-state index is 11.9. The second-order valence-electron chi connectivity index (χ2n) is 6.45. The number of H-pyrrole nitrogens is 1. The van der Waals surface area contributed by atoms with Crippen LogP contribution in [-0.4, -0.2) is 34.1 Å². The first-order chi connectivity index (χ1) is 11.2. The fourth-order valence-electron chi connectivity index (χ4n) is 3.11. The summed E-state index contributed by atoms with van der Waals surface area (Å²) in [6.07, 6.45) is 4.23. The van der Waals surface area contributed by atoms with Crippen molar-refractivity contribution in [1.82, 2.24) is 20.4 Å². The van der Waals surface area contributed by atoms with E-state index in [0.717, 1.165) is 18.0 Å². The highest BCUT2D eigenvalue weighted by atomic mass is 16.1. The number of amides is 1. The molecule has 3 rings (SSSR count). The Kier molecular flexibility index (Phi) is 5.08. The van der Waals surface area contributed by atoms with E-state index in [4.69, 9.17) is 0 Å². The van der Waals surface area contributed by atoms with Gasteiger partial charge >= 0.3 is 0 Å². The SMILES string of the molecule is CC1CCCN(Cc2ccc(CNC(=O)c3ccn[nH]3)cc2)C1. The van der Waals surface area contributed by atoms with Gasteiger partial charge in [0.1, 0.15) is 5.69 Å². The third kappa shape index (κ3) is 4.42. The van der Waals surface area contributed by atoms with Crippen molar-refractivity contribution in [3.8, 4) is 0 Å². The second kappa shape index (κ2) is 7.42. The largest absolute Gasteiger partial charge is 0.347 e. The van der Waals surface area contributed by atoms with Gasteiger partial charge in [0.05, 0.1) is 0 Å². The minimum absolute atomic E-state index is 0.131. The molecular weight excluding hydrogens is 288 g/mol. The Bertz CT molecular complexity index is 621. The number of nitrogens with one attached hydrogen (secondary N) is 2. The van der Waals surface area contributed by atoms with Gasteiger partial charge in [0, 0.05) is 25.8 Å². The van der Waals surface area contributed by atoms with Crippen LogP contribution >= 0.6 is 0 Å². The number of rotatable bonds is 5. The van der Waals surface area contributed by atoms with Crippen molar-refractivity contribution in [3.63, 3.8) is 0 Å². The molecule has 1 amide bonds. The second-order valence-corrected chi connectivity index (χ2v) is 6.45. The van der Waals surface area contributed by atoms with Gasteiger partial charge in [-0.1, -0.05) is 31.2 Å². The van der Waals surface area contributed by atoms with Gasteiger partial charge in [-0.2, -0.15) is 5.10 Å². The minimum atomic E-state index is -0.131. The molecule has 1 fully saturated rings. The van der Waals surface area contributed by atoms with Crippen LogP contribution in [-0.2, 0) is 13.1 Å². The lowest BCUT2D eigenvalue weighted by Gasteiger charge is -2.30. The topological polar surface area (TPSA) is 61.0 Å². The van der Waals surface area contributed by atoms with Crippen LogP contribution in [0.15, 0.2) is 36.5 Å². The van der Waals surface area contributed by atoms with Crippen LogP contribution in [0.5, 0.6) is 0 Å². The predicted molar refractivity (Wildman–Crippen MR) is 89.9 cm³/mol. The van der Waals surface area contributed by atoms with Crippen LogP contribution in [0.4, 0.5) is 0 Å². The van der Waals surface area contributed by atoms with Crippen LogP contribution in [0.3, 0.4) is 0 Å². The van der Waals surface area contributed by atoms with E-state index in [1.165, 1.54) is 31.5 Å². The fourth-order valence-corrected chi connectivity index (χ4v) is 3.11. The number of hydrogen-bond acceptors (Lipinski definition) is 3. The molecule has 0 saturated carbocycles. The molecule has 0 aliphatic carbocycles. The van der Waals surface area contributed by atoms with Crippen molar-refractivity contribution in [2.45, 2.75) is 32.9 Å². The average Bonchev–Trinajstić information content (AvgIpc) is 3.08. The molecule has 1 unspecified atom stereocenters. The van der Waals surface area contributed by atoms with Gasteiger partial charge in [0.2, 0.25) is 0 Å². The molecule has 2 aromatic rings. The van der Waals surface area contributed by atoms with E-state index in [2.05, 4.69) is 51.6 Å². The first-order valence-corrected chi connectivity index (χ1v) is 8.28. The molecular formula is C18H24N4O. The first-order valence-electron chi connectivity index (χ1n) is 8.28. The van der Waals surface area contributed by atoms with E-state index in [1.807, 2.05) is 0 Å². The van der Waals surface area contributed by atoms with Gasteiger partial charge in [-0.25, -0.2) is 0 Å². The quantitative estimate of drug-likeness (QED) is 0.892. The summed E-state index contributed by atoms with van der Waals surface area (Å²) in [6.45, 7) is 6.27. The predicted octanol–water partition coefficient (Wildman–Crippen LogP) is 2.57. The molecule has 1 aromatic carbocycles. The molecule has 122 valence electrons. The Morgan fingerprint density at radius 2 is 2.09 bits per heavy atom. The molecule has 0 spiro atoms. The molecule has 1 saturated heterocycles. The molecule has 2 N–H and O–H groups in total. The average molecular weight is 312 g/mol. The molecule has 1 aliphatic rings. The van der Waals surface area contributed by atoms with E-state index in [9.17, 15) is 4.79 Å². The maximum absolute atomic E-state index is 11.9. The van der Waals surface area contributed by atoms with Gasteiger partial charge in [-0.15, -0.1) is 0 Å². The van der Waals surface area contributed by atoms with Gasteiger partial charge < -0.3 is 5.32 Å². The number of carbonyl (C=O) groups is 1. The molecule has 0 bridgehead atoms. The van der Waals surface area contributed by atoms with E-state index >= 15 is 0 Å². The van der Waals surface area contributed by atoms with Crippen LogP contribution < -0.4 is 5.32 Å². The highest BCUT2D eigenvalue weighted by molar-refractivity contribution is 5.91. The van der Waals surface area contributed by atoms with E-state index in [1.54, 1.807) is 12.3 Å². The van der Waals surface area contributed by atoms with Crippen molar-refractivity contribution in [3.05, 3.63) is 53.3 Å². The van der Waals surface area contributed by atoms with E-state index < -0.39 is 0 Å². The van der Waals surface area contributed by atoms with Crippen LogP contribution in [0.2, 0.25) is 0 Å². The Hall–Kier alpha value is -2.14. The maximum Gasteiger partial charge on any atom is 0.269 e. The molecule has 1 atom stereocenters. The lowest BCUT2D eigenvalue weighted by molar-refractivity contribution is 0.0946. The zero-order valence-electron chi connectivity index (χ0n) is 13.6. The number of aromatic amines is 1. The molecule has 5 nitrogen and oxygen atoms in total. The monoisotopic (exact) mass is 312 g/mol. The van der Waals surface area contributed by atoms with Gasteiger partial charge in [0.25, 0.3) is 5.91 Å². The zero-order valence-corrected chi connectivity index (χ0v) is 13.6. The molecule has 0 radical (unpaired) electrons. The lowest BCUT2D eigenvalue weighted by Crippen LogP contribution is -2.33. The molecule has 5 heteroatoms. The van der Waals surface area contributed by atoms with Crippen LogP contribution in [0.1, 0.15) is 41.4 Å². The molecule has 23 heavy (non-hydrogen) atoms. The Morgan fingerprint density at radius 3 is 2.78 bits per heavy atom. The standard InChI is InChI=1S/C18H24N4O/c1-14-3-2-10-22(12-14)13-16-6-4-15(5-7-16)11-19-18(23)17-8-9-20-21-17/h4-9,14H,2-3,10-13H2,1H3,(H,19,23)(H,20,21). The fraction of sp³-hybridized carbons (Fsp3) is 0.444. The first kappa shape index (κ1) is 15.7. The summed E-state index contributed by atoms with van der Waals surface area (Å²) in [4.78, 5) is 14.4. The summed E-state index contributed by atoms with van der Waals surface area (Å²) >= 11 is 0. The van der Waals surface area contributed by atoms with Gasteiger partial charge in [0.15, 0.2) is 0 Å². The number of nitrogens with zero attached hydrogens (tertiary/aromatic N) is 2. The van der Waals surface area contributed by atoms with Crippen molar-refractivity contribution in [2.75, 3.05) is 13.1 Å². The summed E-state index contributed by atoms with van der Waals surface area (Å²) in [7, 11) is 0. The number of aromatic nitrogens is 2. The number of likely N-dealkylation sites (tertiary alicyclic amines) is 1. The number of carbonyl (C=O) groups excluding carboxylic acids is 1. The molecule has 1 aliphatic heterocycles. The Labute approximate surface area is 137 Å². The third-order valence-electron chi connectivity index (χ3n) is 4.37. The Balaban J connectivity index is 1.50. The summed E-state index contributed by atoms with van der Waals surface area (Å²) < 4.78 is 0. The summed E-state index contributed by atoms with van der Waals surface area (Å²) in [5, 5.41) is 9.33. The van der Waals surface area contributed by atoms with Gasteiger partial charge in [-0.3, -0.25) is 14.8 Å². The highest BCUT2D eigenvalue weighted by Gasteiger charge is 2.16. The van der Waals surface area contributed by atoms with Crippen LogP contribution in [0, 0.1) is 5.92 Å². The highest BCUT2D eigenvalue weighted by Crippen LogP contribution is 2.18. The number of piperidine rings is 1. The zero-order chi connectivity index (χ0) is 16.1. The van der Waals surface area contributed by atoms with Gasteiger partial charge in [-0.05, 0) is 42.5 Å². The molecule has 2 heterocycles. The van der Waals surface area contributed by atoms with Crippen molar-refractivity contribution in [1.29, 1.82) is 0 Å². The summed E-state index contributed by atoms with van der Waals surface area (Å²) in [5.41, 5.74) is 2.93. The summed E-state index contributed by atoms with van der Waals surface area (Å²) in [5.74, 6) is 0.676. The minimum Gasteiger partial charge on any atom is -0.347 e. The van der Waals surface area contributed by atoms with Crippen molar-refractivity contribution >= 4 is 5.91 Å². The normalized spacial score (nSPS) is 18.7.